The second-order valence-electron chi connectivity index (χ2n) is 6.97. The number of fused-ring (bicyclic) bond motifs is 1. The van der Waals surface area contributed by atoms with Gasteiger partial charge in [0.05, 0.1) is 18.4 Å². The van der Waals surface area contributed by atoms with Crippen molar-refractivity contribution in [1.82, 2.24) is 4.57 Å². The first kappa shape index (κ1) is 20.2. The van der Waals surface area contributed by atoms with Gasteiger partial charge in [0.15, 0.2) is 11.5 Å². The highest BCUT2D eigenvalue weighted by atomic mass is 32.2. The monoisotopic (exact) mass is 424 g/mol. The first-order valence-corrected chi connectivity index (χ1v) is 10.9. The van der Waals surface area contributed by atoms with Gasteiger partial charge in [-0.25, -0.2) is 0 Å². The number of carbonyl (C=O) groups excluding carboxylic acids is 1. The fraction of sp³-hybridized carbons (Fsp3) is 0.261. The molecule has 30 heavy (non-hydrogen) atoms. The van der Waals surface area contributed by atoms with Gasteiger partial charge in [-0.1, -0.05) is 6.07 Å². The number of thioether (sulfide) groups is 1. The second-order valence-corrected chi connectivity index (χ2v) is 7.82. The van der Waals surface area contributed by atoms with Crippen LogP contribution in [-0.4, -0.2) is 37.1 Å². The van der Waals surface area contributed by atoms with E-state index in [1.807, 2.05) is 62.6 Å². The van der Waals surface area contributed by atoms with E-state index >= 15 is 0 Å². The Morgan fingerprint density at radius 1 is 1.10 bits per heavy atom. The largest absolute Gasteiger partial charge is 0.497 e. The number of hydrogen-bond donors (Lipinski definition) is 1. The number of nitrogens with one attached hydrogen (secondary N) is 1. The summed E-state index contributed by atoms with van der Waals surface area (Å²) in [6.45, 7) is 4.96. The van der Waals surface area contributed by atoms with Gasteiger partial charge in [0, 0.05) is 34.1 Å². The molecular weight excluding hydrogens is 400 g/mol. The maximum absolute atomic E-state index is 13.2. The molecule has 0 radical (unpaired) electrons. The molecule has 6 nitrogen and oxygen atoms in total. The van der Waals surface area contributed by atoms with Gasteiger partial charge in [-0.3, -0.25) is 4.79 Å². The lowest BCUT2D eigenvalue weighted by Crippen LogP contribution is -2.17. The predicted molar refractivity (Wildman–Crippen MR) is 119 cm³/mol. The molecule has 0 bridgehead atoms. The number of aromatic nitrogens is 1. The molecule has 156 valence electrons. The van der Waals surface area contributed by atoms with Crippen LogP contribution in [0.3, 0.4) is 0 Å². The molecule has 1 amide bonds. The summed E-state index contributed by atoms with van der Waals surface area (Å²) >= 11 is 1.55. The number of ether oxygens (including phenoxy) is 3. The summed E-state index contributed by atoms with van der Waals surface area (Å²) in [6.07, 6.45) is 1.97. The number of nitrogens with zero attached hydrogens (tertiary/aromatic N) is 1. The van der Waals surface area contributed by atoms with E-state index in [1.165, 1.54) is 0 Å². The maximum atomic E-state index is 13.2. The van der Waals surface area contributed by atoms with Crippen LogP contribution in [0.4, 0.5) is 5.69 Å². The van der Waals surface area contributed by atoms with Crippen LogP contribution in [0.15, 0.2) is 47.4 Å². The van der Waals surface area contributed by atoms with Crippen molar-refractivity contribution in [3.8, 4) is 22.9 Å². The first-order valence-electron chi connectivity index (χ1n) is 9.64. The van der Waals surface area contributed by atoms with Crippen molar-refractivity contribution in [3.05, 3.63) is 59.4 Å². The van der Waals surface area contributed by atoms with E-state index in [4.69, 9.17) is 14.2 Å². The number of rotatable bonds is 5. The average molecular weight is 425 g/mol. The zero-order valence-corrected chi connectivity index (χ0v) is 18.3. The highest BCUT2D eigenvalue weighted by Crippen LogP contribution is 2.39. The van der Waals surface area contributed by atoms with Gasteiger partial charge in [0.2, 0.25) is 0 Å². The number of carbonyl (C=O) groups is 1. The zero-order chi connectivity index (χ0) is 21.3. The molecule has 4 rings (SSSR count). The van der Waals surface area contributed by atoms with E-state index < -0.39 is 0 Å². The van der Waals surface area contributed by atoms with Crippen LogP contribution < -0.4 is 19.5 Å². The van der Waals surface area contributed by atoms with Crippen molar-refractivity contribution >= 4 is 23.4 Å². The van der Waals surface area contributed by atoms with E-state index in [2.05, 4.69) is 9.88 Å². The molecule has 1 aliphatic rings. The van der Waals surface area contributed by atoms with Crippen molar-refractivity contribution in [2.45, 2.75) is 18.7 Å². The third-order valence-corrected chi connectivity index (χ3v) is 5.88. The summed E-state index contributed by atoms with van der Waals surface area (Å²) in [5.74, 6) is 1.96. The lowest BCUT2D eigenvalue weighted by molar-refractivity contribution is 0.102. The molecule has 0 saturated carbocycles. The van der Waals surface area contributed by atoms with Crippen LogP contribution in [0.5, 0.6) is 17.2 Å². The molecule has 0 aliphatic carbocycles. The molecule has 1 N–H and O–H groups in total. The first-order chi connectivity index (χ1) is 14.5. The highest BCUT2D eigenvalue weighted by molar-refractivity contribution is 7.98. The Balaban J connectivity index is 1.66. The fourth-order valence-corrected chi connectivity index (χ4v) is 4.22. The standard InChI is InChI=1S/C23H24N2O4S/c1-14-10-18(15(2)25(14)16-6-5-7-17(11-16)27-3)23(26)24-19-12-20-21(13-22(19)30-4)29-9-8-28-20/h5-7,10-13H,8-9H2,1-4H3,(H,24,26). The molecule has 2 heterocycles. The van der Waals surface area contributed by atoms with Crippen molar-refractivity contribution in [3.63, 3.8) is 0 Å². The van der Waals surface area contributed by atoms with Gasteiger partial charge in [0.1, 0.15) is 19.0 Å². The van der Waals surface area contributed by atoms with Gasteiger partial charge in [-0.2, -0.15) is 0 Å². The van der Waals surface area contributed by atoms with Gasteiger partial charge in [-0.05, 0) is 44.4 Å². The van der Waals surface area contributed by atoms with E-state index in [-0.39, 0.29) is 5.91 Å². The Kier molecular flexibility index (Phi) is 5.63. The predicted octanol–water partition coefficient (Wildman–Crippen LogP) is 4.85. The summed E-state index contributed by atoms with van der Waals surface area (Å²) in [5.41, 5.74) is 4.12. The van der Waals surface area contributed by atoms with Crippen molar-refractivity contribution < 1.29 is 19.0 Å². The lowest BCUT2D eigenvalue weighted by Gasteiger charge is -2.21. The van der Waals surface area contributed by atoms with Gasteiger partial charge in [0.25, 0.3) is 5.91 Å². The fourth-order valence-electron chi connectivity index (χ4n) is 3.67. The quantitative estimate of drug-likeness (QED) is 0.594. The number of benzene rings is 2. The second kappa shape index (κ2) is 8.36. The van der Waals surface area contributed by atoms with Crippen LogP contribution >= 0.6 is 11.8 Å². The van der Waals surface area contributed by atoms with Crippen LogP contribution in [0.25, 0.3) is 5.69 Å². The summed E-state index contributed by atoms with van der Waals surface area (Å²) in [4.78, 5) is 14.1. The zero-order valence-electron chi connectivity index (χ0n) is 17.4. The Hall–Kier alpha value is -3.06. The maximum Gasteiger partial charge on any atom is 0.257 e. The van der Waals surface area contributed by atoms with Gasteiger partial charge >= 0.3 is 0 Å². The molecule has 0 unspecified atom stereocenters. The molecule has 0 fully saturated rings. The Morgan fingerprint density at radius 3 is 2.53 bits per heavy atom. The minimum atomic E-state index is -0.163. The van der Waals surface area contributed by atoms with Crippen molar-refractivity contribution in [1.29, 1.82) is 0 Å². The summed E-state index contributed by atoms with van der Waals surface area (Å²) in [5, 5.41) is 3.05. The molecule has 7 heteroatoms. The summed E-state index contributed by atoms with van der Waals surface area (Å²) in [7, 11) is 1.64. The number of amides is 1. The number of methoxy groups -OCH3 is 1. The third kappa shape index (κ3) is 3.73. The minimum absolute atomic E-state index is 0.163. The van der Waals surface area contributed by atoms with Gasteiger partial charge in [-0.15, -0.1) is 11.8 Å². The van der Waals surface area contributed by atoms with E-state index in [9.17, 15) is 4.79 Å². The normalized spacial score (nSPS) is 12.5. The van der Waals surface area contributed by atoms with Crippen molar-refractivity contribution in [2.24, 2.45) is 0 Å². The third-order valence-electron chi connectivity index (χ3n) is 5.10. The summed E-state index contributed by atoms with van der Waals surface area (Å²) < 4.78 is 18.7. The number of hydrogen-bond acceptors (Lipinski definition) is 5. The van der Waals surface area contributed by atoms with Crippen LogP contribution in [0.2, 0.25) is 0 Å². The molecule has 1 aromatic heterocycles. The van der Waals surface area contributed by atoms with E-state index in [0.29, 0.717) is 36.0 Å². The Labute approximate surface area is 180 Å². The number of anilines is 1. The molecule has 0 spiro atoms. The van der Waals surface area contributed by atoms with Crippen LogP contribution in [0.1, 0.15) is 21.7 Å². The number of aryl methyl sites for hydroxylation is 1. The Morgan fingerprint density at radius 2 is 1.83 bits per heavy atom. The summed E-state index contributed by atoms with van der Waals surface area (Å²) in [6, 6.07) is 13.4. The minimum Gasteiger partial charge on any atom is -0.497 e. The molecule has 0 saturated heterocycles. The highest BCUT2D eigenvalue weighted by Gasteiger charge is 2.20. The van der Waals surface area contributed by atoms with Crippen LogP contribution in [-0.2, 0) is 0 Å². The van der Waals surface area contributed by atoms with Crippen LogP contribution in [0, 0.1) is 13.8 Å². The SMILES string of the molecule is COc1cccc(-n2c(C)cc(C(=O)Nc3cc4c(cc3SC)OCCO4)c2C)c1. The Bertz CT molecular complexity index is 1110. The molecule has 0 atom stereocenters. The van der Waals surface area contributed by atoms with Crippen molar-refractivity contribution in [2.75, 3.05) is 31.9 Å². The van der Waals surface area contributed by atoms with Gasteiger partial charge < -0.3 is 24.1 Å². The van der Waals surface area contributed by atoms with E-state index in [0.717, 1.165) is 27.7 Å². The smallest absolute Gasteiger partial charge is 0.257 e. The molecule has 1 aliphatic heterocycles. The van der Waals surface area contributed by atoms with E-state index in [1.54, 1.807) is 18.9 Å². The molecule has 3 aromatic rings. The molecular formula is C23H24N2O4S. The topological polar surface area (TPSA) is 61.7 Å². The molecule has 2 aromatic carbocycles. The lowest BCUT2D eigenvalue weighted by atomic mass is 10.2. The average Bonchev–Trinajstić information content (AvgIpc) is 3.07.